The fourth-order valence-electron chi connectivity index (χ4n) is 4.89. The molecule has 0 aromatic carbocycles. The monoisotopic (exact) mass is 666 g/mol. The van der Waals surface area contributed by atoms with E-state index in [0.717, 1.165) is 50.6 Å². The van der Waals surface area contributed by atoms with E-state index in [0.29, 0.717) is 30.7 Å². The molecule has 0 saturated carbocycles. The number of β-amino-alcohol motifs (C(OH)–C–C–N with tert-alkyl or cyclic N) is 1. The molecule has 2 aromatic rings. The smallest absolute Gasteiger partial charge is 0.319 e. The molecule has 2 aromatic heterocycles. The van der Waals surface area contributed by atoms with Crippen LogP contribution in [0.5, 0.6) is 0 Å². The Kier molecular flexibility index (Phi) is 11.4. The molecule has 4 atom stereocenters. The van der Waals surface area contributed by atoms with Crippen LogP contribution in [0.4, 0.5) is 10.3 Å². The molecule has 2 aliphatic heterocycles. The number of aromatic nitrogens is 2. The summed E-state index contributed by atoms with van der Waals surface area (Å²) in [6.07, 6.45) is 3.69. The normalized spacial score (nSPS) is 25.4. The van der Waals surface area contributed by atoms with E-state index in [-0.39, 0.29) is 12.6 Å². The molecule has 202 valence electrons. The molecular weight excluding hydrogens is 632 g/mol. The van der Waals surface area contributed by atoms with E-state index >= 15 is 0 Å². The summed E-state index contributed by atoms with van der Waals surface area (Å²) >= 11 is 10.2. The molecule has 36 heavy (non-hydrogen) atoms. The molecule has 0 radical (unpaired) electrons. The number of carbonyl (C=O) groups is 1. The number of aliphatic hydroxyl groups excluding tert-OH is 1. The Morgan fingerprint density at radius 3 is 1.67 bits per heavy atom. The van der Waals surface area contributed by atoms with Crippen LogP contribution in [-0.4, -0.2) is 108 Å². The number of anilines is 2. The summed E-state index contributed by atoms with van der Waals surface area (Å²) < 4.78 is 6.87. The van der Waals surface area contributed by atoms with Crippen LogP contribution < -0.4 is 9.80 Å². The van der Waals surface area contributed by atoms with Crippen molar-refractivity contribution in [2.75, 3.05) is 62.8 Å². The maximum absolute atomic E-state index is 11.4. The average molecular weight is 669 g/mol. The van der Waals surface area contributed by atoms with Gasteiger partial charge in [-0.3, -0.25) is 14.6 Å². The van der Waals surface area contributed by atoms with Gasteiger partial charge in [-0.05, 0) is 59.6 Å². The number of halogens is 2. The van der Waals surface area contributed by atoms with Gasteiger partial charge >= 0.3 is 5.97 Å². The second-order valence-electron chi connectivity index (χ2n) is 9.31. The number of ether oxygens (including phenoxy) is 1. The number of methoxy groups -OCH3 is 1. The van der Waals surface area contributed by atoms with Crippen LogP contribution in [0.15, 0.2) is 20.0 Å². The lowest BCUT2D eigenvalue weighted by atomic mass is 10.1. The van der Waals surface area contributed by atoms with Crippen LogP contribution >= 0.6 is 54.5 Å². The van der Waals surface area contributed by atoms with Gasteiger partial charge in [0.25, 0.3) is 0 Å². The predicted octanol–water partition coefficient (Wildman–Crippen LogP) is 3.77. The van der Waals surface area contributed by atoms with Gasteiger partial charge in [0.2, 0.25) is 0 Å². The fraction of sp³-hybridized carbons (Fsp3) is 0.696. The molecule has 9 nitrogen and oxygen atoms in total. The summed E-state index contributed by atoms with van der Waals surface area (Å²) in [7, 11) is 1.43. The first-order valence-electron chi connectivity index (χ1n) is 12.0. The number of esters is 1. The van der Waals surface area contributed by atoms with Crippen molar-refractivity contribution in [2.24, 2.45) is 0 Å². The zero-order valence-corrected chi connectivity index (χ0v) is 26.2. The van der Waals surface area contributed by atoms with E-state index < -0.39 is 0 Å². The van der Waals surface area contributed by atoms with Gasteiger partial charge in [-0.15, -0.1) is 0 Å². The van der Waals surface area contributed by atoms with Crippen molar-refractivity contribution in [1.82, 2.24) is 19.8 Å². The standard InChI is InChI=1S/C12H18BrN3O2S.C11H18BrN3OS/c1-8-5-15(12-14-4-10(13)19-12)6-9(2)16(8)7-11(17)18-3;1-8-6-14(11-13-5-10(12)17-11)7-9(2)15(8)3-4-16/h4,8-9H,5-7H2,1-3H3;5,8-9,16H,3-4,6-7H2,1-2H3/t2*8-,9+. The van der Waals surface area contributed by atoms with E-state index in [4.69, 9.17) is 9.84 Å². The SMILES string of the molecule is COC(=O)CN1[C@H](C)CN(c2ncc(Br)s2)C[C@@H]1C.C[C@@H]1CN(c2ncc(Br)s2)C[C@H](C)N1CCO. The molecule has 4 heterocycles. The van der Waals surface area contributed by atoms with Gasteiger partial charge < -0.3 is 19.6 Å². The third-order valence-electron chi connectivity index (χ3n) is 6.57. The number of nitrogens with zero attached hydrogens (tertiary/aromatic N) is 6. The van der Waals surface area contributed by atoms with Crippen molar-refractivity contribution < 1.29 is 14.6 Å². The molecule has 0 bridgehead atoms. The molecule has 0 unspecified atom stereocenters. The third-order valence-corrected chi connectivity index (χ3v) is 9.65. The van der Waals surface area contributed by atoms with Gasteiger partial charge in [-0.2, -0.15) is 0 Å². The molecule has 2 saturated heterocycles. The molecule has 1 N–H and O–H groups in total. The van der Waals surface area contributed by atoms with Gasteiger partial charge in [0.15, 0.2) is 10.3 Å². The maximum atomic E-state index is 11.4. The molecule has 0 aliphatic carbocycles. The number of rotatable bonds is 6. The topological polar surface area (TPSA) is 85.3 Å². The summed E-state index contributed by atoms with van der Waals surface area (Å²) in [5.74, 6) is -0.177. The van der Waals surface area contributed by atoms with Gasteiger partial charge in [-0.1, -0.05) is 22.7 Å². The van der Waals surface area contributed by atoms with Crippen LogP contribution in [0.1, 0.15) is 27.7 Å². The highest BCUT2D eigenvalue weighted by Crippen LogP contribution is 2.30. The Morgan fingerprint density at radius 1 is 0.917 bits per heavy atom. The van der Waals surface area contributed by atoms with Crippen molar-refractivity contribution in [1.29, 1.82) is 0 Å². The fourth-order valence-corrected chi connectivity index (χ4v) is 7.29. The van der Waals surface area contributed by atoms with E-state index in [1.165, 1.54) is 7.11 Å². The first kappa shape index (κ1) is 29.7. The molecule has 4 rings (SSSR count). The van der Waals surface area contributed by atoms with Crippen molar-refractivity contribution >= 4 is 70.8 Å². The van der Waals surface area contributed by atoms with Crippen molar-refractivity contribution in [3.05, 3.63) is 20.0 Å². The molecule has 0 spiro atoms. The Labute approximate surface area is 238 Å². The Bertz CT molecular complexity index is 955. The minimum atomic E-state index is -0.177. The van der Waals surface area contributed by atoms with E-state index in [9.17, 15) is 4.79 Å². The summed E-state index contributed by atoms with van der Waals surface area (Å²) in [5, 5.41) is 11.2. The number of hydrogen-bond acceptors (Lipinski definition) is 11. The van der Waals surface area contributed by atoms with Crippen molar-refractivity contribution in [2.45, 2.75) is 51.9 Å². The second kappa shape index (κ2) is 13.8. The lowest BCUT2D eigenvalue weighted by Gasteiger charge is -2.44. The van der Waals surface area contributed by atoms with Crippen LogP contribution in [-0.2, 0) is 9.53 Å². The summed E-state index contributed by atoms with van der Waals surface area (Å²) in [5.41, 5.74) is 0. The average Bonchev–Trinajstić information content (AvgIpc) is 3.47. The molecule has 2 aliphatic rings. The third kappa shape index (κ3) is 7.84. The Balaban J connectivity index is 0.000000202. The number of thiazole rings is 2. The van der Waals surface area contributed by atoms with Gasteiger partial charge in [0, 0.05) is 56.9 Å². The first-order valence-corrected chi connectivity index (χ1v) is 15.3. The zero-order chi connectivity index (χ0) is 26.4. The van der Waals surface area contributed by atoms with Gasteiger partial charge in [0.1, 0.15) is 0 Å². The number of piperazine rings is 2. The maximum Gasteiger partial charge on any atom is 0.319 e. The highest BCUT2D eigenvalue weighted by molar-refractivity contribution is 9.11. The van der Waals surface area contributed by atoms with Crippen LogP contribution in [0.25, 0.3) is 0 Å². The minimum absolute atomic E-state index is 0.177. The van der Waals surface area contributed by atoms with Gasteiger partial charge in [-0.25, -0.2) is 9.97 Å². The largest absolute Gasteiger partial charge is 0.468 e. The first-order chi connectivity index (χ1) is 17.1. The lowest BCUT2D eigenvalue weighted by molar-refractivity contribution is -0.143. The van der Waals surface area contributed by atoms with E-state index in [2.05, 4.69) is 89.1 Å². The highest BCUT2D eigenvalue weighted by Gasteiger charge is 2.32. The summed E-state index contributed by atoms with van der Waals surface area (Å²) in [6, 6.07) is 1.50. The van der Waals surface area contributed by atoms with Gasteiger partial charge in [0.05, 0.1) is 40.2 Å². The van der Waals surface area contributed by atoms with Crippen LogP contribution in [0.3, 0.4) is 0 Å². The lowest BCUT2D eigenvalue weighted by Crippen LogP contribution is -2.58. The number of hydrogen-bond donors (Lipinski definition) is 1. The number of carbonyl (C=O) groups excluding carboxylic acids is 1. The summed E-state index contributed by atoms with van der Waals surface area (Å²) in [4.78, 5) is 29.4. The zero-order valence-electron chi connectivity index (χ0n) is 21.4. The van der Waals surface area contributed by atoms with Crippen molar-refractivity contribution in [3.8, 4) is 0 Å². The molecule has 2 fully saturated rings. The van der Waals surface area contributed by atoms with Crippen LogP contribution in [0, 0.1) is 0 Å². The molecular formula is C23H36Br2N6O3S2. The van der Waals surface area contributed by atoms with E-state index in [1.54, 1.807) is 22.7 Å². The molecule has 13 heteroatoms. The minimum Gasteiger partial charge on any atom is -0.468 e. The molecule has 0 amide bonds. The highest BCUT2D eigenvalue weighted by atomic mass is 79.9. The van der Waals surface area contributed by atoms with Crippen LogP contribution in [0.2, 0.25) is 0 Å². The predicted molar refractivity (Wildman–Crippen MR) is 154 cm³/mol. The second-order valence-corrected chi connectivity index (χ2v) is 14.1. The van der Waals surface area contributed by atoms with Crippen molar-refractivity contribution in [3.63, 3.8) is 0 Å². The number of aliphatic hydroxyl groups is 1. The Morgan fingerprint density at radius 2 is 1.33 bits per heavy atom. The Hall–Kier alpha value is -0.830. The van der Waals surface area contributed by atoms with E-state index in [1.807, 2.05) is 12.4 Å². The quantitative estimate of drug-likeness (QED) is 0.463. The summed E-state index contributed by atoms with van der Waals surface area (Å²) in [6.45, 7) is 13.7.